The molecule has 10 saturated carbocycles. The highest BCUT2D eigenvalue weighted by atomic mass is 32.1. The van der Waals surface area contributed by atoms with Crippen LogP contribution in [0.15, 0.2) is 54.6 Å². The Labute approximate surface area is 344 Å². The van der Waals surface area contributed by atoms with Crippen LogP contribution in [0.4, 0.5) is 8.78 Å². The van der Waals surface area contributed by atoms with Crippen LogP contribution in [0.3, 0.4) is 0 Å². The number of nitrogens with two attached hydrogens (primary N) is 2. The van der Waals surface area contributed by atoms with Crippen molar-refractivity contribution in [1.29, 1.82) is 0 Å². The van der Waals surface area contributed by atoms with E-state index < -0.39 is 17.8 Å². The number of halogens is 2. The van der Waals surface area contributed by atoms with Gasteiger partial charge in [-0.15, -0.1) is 0 Å². The number of thiocarbonyl (C=S) groups is 2. The van der Waals surface area contributed by atoms with Crippen molar-refractivity contribution >= 4 is 34.4 Å². The summed E-state index contributed by atoms with van der Waals surface area (Å²) in [4.78, 5) is 2.00. The van der Waals surface area contributed by atoms with Crippen LogP contribution in [0.1, 0.15) is 139 Å². The molecule has 4 unspecified atom stereocenters. The Kier molecular flexibility index (Phi) is 9.22. The number of benzene rings is 2. The van der Waals surface area contributed by atoms with Gasteiger partial charge in [0.05, 0.1) is 9.98 Å². The maximum atomic E-state index is 15.9. The minimum atomic E-state index is -2.61. The van der Waals surface area contributed by atoms with Crippen molar-refractivity contribution in [2.75, 3.05) is 0 Å². The third-order valence-corrected chi connectivity index (χ3v) is 19.2. The molecule has 0 aliphatic heterocycles. The van der Waals surface area contributed by atoms with E-state index in [2.05, 4.69) is 72.2 Å². The first-order valence-electron chi connectivity index (χ1n) is 22.4. The van der Waals surface area contributed by atoms with E-state index in [0.717, 1.165) is 80.6 Å². The lowest BCUT2D eigenvalue weighted by Crippen LogP contribution is -2.66. The van der Waals surface area contributed by atoms with E-state index in [-0.39, 0.29) is 33.1 Å². The molecule has 302 valence electrons. The molecule has 10 fully saturated rings. The highest BCUT2D eigenvalue weighted by molar-refractivity contribution is 7.80. The van der Waals surface area contributed by atoms with Crippen molar-refractivity contribution in [3.63, 3.8) is 0 Å². The van der Waals surface area contributed by atoms with Crippen molar-refractivity contribution in [2.45, 2.75) is 170 Å². The molecule has 0 heterocycles. The number of hydrogen-bond donors (Lipinski definition) is 4. The van der Waals surface area contributed by atoms with Gasteiger partial charge in [-0.2, -0.15) is 0 Å². The average Bonchev–Trinajstić information content (AvgIpc) is 3.18. The Balaban J connectivity index is 0.896. The normalized spacial score (nSPS) is 45.7. The summed E-state index contributed by atoms with van der Waals surface area (Å²) in [5.74, 6) is -2.64. The molecule has 0 saturated heterocycles. The summed E-state index contributed by atoms with van der Waals surface area (Å²) in [5, 5.41) is 7.69. The first-order chi connectivity index (χ1) is 26.7. The van der Waals surface area contributed by atoms with Gasteiger partial charge in [0.2, 0.25) is 0 Å². The van der Waals surface area contributed by atoms with Crippen LogP contribution in [0.2, 0.25) is 0 Å². The predicted molar refractivity (Wildman–Crippen MR) is 230 cm³/mol. The first-order valence-corrected chi connectivity index (χ1v) is 23.2. The second-order valence-corrected chi connectivity index (χ2v) is 22.3. The lowest BCUT2D eigenvalue weighted by molar-refractivity contribution is -0.220. The third kappa shape index (κ3) is 6.09. The molecule has 6 N–H and O–H groups in total. The van der Waals surface area contributed by atoms with Gasteiger partial charge in [-0.1, -0.05) is 86.0 Å². The van der Waals surface area contributed by atoms with E-state index in [1.54, 1.807) is 0 Å². The van der Waals surface area contributed by atoms with E-state index >= 15 is 8.78 Å². The summed E-state index contributed by atoms with van der Waals surface area (Å²) in [6.45, 7) is 2.60. The van der Waals surface area contributed by atoms with Gasteiger partial charge in [0, 0.05) is 46.8 Å². The Bertz CT molecular complexity index is 1800. The molecule has 10 aliphatic carbocycles. The summed E-state index contributed by atoms with van der Waals surface area (Å²) in [5.41, 5.74) is 16.5. The van der Waals surface area contributed by atoms with Crippen LogP contribution in [-0.4, -0.2) is 40.1 Å². The Morgan fingerprint density at radius 1 is 0.589 bits per heavy atom. The standard InChI is InChI=1S/C48H64F2N4S2/c1-43(33-20-44(31-5-3-2-4-6-31)21-34(43)23-46(22-33,28-44)41(55)53-39-15-11-37(51)12-16-39)19-30-7-9-32(10-8-30)45-24-35-26-47(29-45,27-36(25-45)48(35,49)50)42(56)54-40-17-13-38(52)14-18-40/h2-10,33-40H,11-29,51-52H2,1H3,(H,53,55)(H,54,56). The van der Waals surface area contributed by atoms with Crippen molar-refractivity contribution in [3.05, 3.63) is 71.3 Å². The van der Waals surface area contributed by atoms with Crippen molar-refractivity contribution in [1.82, 2.24) is 10.6 Å². The van der Waals surface area contributed by atoms with Crippen LogP contribution >= 0.6 is 24.4 Å². The second-order valence-electron chi connectivity index (χ2n) is 21.5. The molecule has 2 aromatic rings. The molecule has 8 heteroatoms. The first kappa shape index (κ1) is 38.2. The van der Waals surface area contributed by atoms with E-state index in [1.807, 2.05) is 0 Å². The van der Waals surface area contributed by atoms with Crippen LogP contribution in [0.25, 0.3) is 0 Å². The number of hydrogen-bond acceptors (Lipinski definition) is 4. The lowest BCUT2D eigenvalue weighted by Gasteiger charge is -2.69. The maximum absolute atomic E-state index is 15.9. The minimum absolute atomic E-state index is 0.0513. The van der Waals surface area contributed by atoms with Gasteiger partial charge in [0.25, 0.3) is 5.92 Å². The molecule has 8 bridgehead atoms. The van der Waals surface area contributed by atoms with Crippen molar-refractivity contribution in [2.24, 2.45) is 51.4 Å². The molecule has 56 heavy (non-hydrogen) atoms. The fourth-order valence-electron chi connectivity index (χ4n) is 15.3. The van der Waals surface area contributed by atoms with Crippen LogP contribution in [0, 0.1) is 39.9 Å². The highest BCUT2D eigenvalue weighted by Gasteiger charge is 2.70. The monoisotopic (exact) mass is 798 g/mol. The smallest absolute Gasteiger partial charge is 0.253 e. The van der Waals surface area contributed by atoms with Crippen molar-refractivity contribution < 1.29 is 8.78 Å². The fourth-order valence-corrected chi connectivity index (χ4v) is 16.1. The quantitative estimate of drug-likeness (QED) is 0.200. The minimum Gasteiger partial charge on any atom is -0.376 e. The van der Waals surface area contributed by atoms with Crippen LogP contribution in [-0.2, 0) is 17.3 Å². The van der Waals surface area contributed by atoms with Crippen molar-refractivity contribution in [3.8, 4) is 0 Å². The van der Waals surface area contributed by atoms with Gasteiger partial charge in [-0.05, 0) is 167 Å². The number of nitrogens with one attached hydrogen (secondary N) is 2. The summed E-state index contributed by atoms with van der Waals surface area (Å²) >= 11 is 12.7. The average molecular weight is 799 g/mol. The van der Waals surface area contributed by atoms with Gasteiger partial charge in [-0.3, -0.25) is 0 Å². The molecule has 0 amide bonds. The molecule has 4 atom stereocenters. The van der Waals surface area contributed by atoms with Crippen LogP contribution in [0.5, 0.6) is 0 Å². The zero-order valence-electron chi connectivity index (χ0n) is 33.5. The predicted octanol–water partition coefficient (Wildman–Crippen LogP) is 9.84. The Hall–Kier alpha value is -2.00. The summed E-state index contributed by atoms with van der Waals surface area (Å²) < 4.78 is 31.8. The Morgan fingerprint density at radius 2 is 1.00 bits per heavy atom. The second kappa shape index (κ2) is 13.5. The molecule has 2 aromatic carbocycles. The molecule has 0 radical (unpaired) electrons. The summed E-state index contributed by atoms with van der Waals surface area (Å²) in [6.07, 6.45) is 18.6. The van der Waals surface area contributed by atoms with E-state index in [9.17, 15) is 0 Å². The zero-order chi connectivity index (χ0) is 38.7. The molecule has 4 nitrogen and oxygen atoms in total. The van der Waals surface area contributed by atoms with Crippen LogP contribution < -0.4 is 22.1 Å². The van der Waals surface area contributed by atoms with Gasteiger partial charge in [0.1, 0.15) is 0 Å². The molecule has 0 spiro atoms. The number of alkyl halides is 2. The summed E-state index contributed by atoms with van der Waals surface area (Å²) in [6, 6.07) is 22.2. The Morgan fingerprint density at radius 3 is 1.46 bits per heavy atom. The van der Waals surface area contributed by atoms with Gasteiger partial charge >= 0.3 is 0 Å². The topological polar surface area (TPSA) is 76.1 Å². The maximum Gasteiger partial charge on any atom is 0.253 e. The lowest BCUT2D eigenvalue weighted by atomic mass is 9.36. The summed E-state index contributed by atoms with van der Waals surface area (Å²) in [7, 11) is 0. The van der Waals surface area contributed by atoms with Gasteiger partial charge in [-0.25, -0.2) is 8.78 Å². The van der Waals surface area contributed by atoms with Gasteiger partial charge in [0.15, 0.2) is 0 Å². The van der Waals surface area contributed by atoms with E-state index in [0.29, 0.717) is 55.6 Å². The van der Waals surface area contributed by atoms with Gasteiger partial charge < -0.3 is 22.1 Å². The fraction of sp³-hybridized carbons (Fsp3) is 0.708. The van der Waals surface area contributed by atoms with E-state index in [1.165, 1.54) is 42.4 Å². The molecule has 0 aromatic heterocycles. The zero-order valence-corrected chi connectivity index (χ0v) is 35.1. The largest absolute Gasteiger partial charge is 0.376 e. The molecular weight excluding hydrogens is 735 g/mol. The molecular formula is C48H64F2N4S2. The third-order valence-electron chi connectivity index (χ3n) is 18.1. The van der Waals surface area contributed by atoms with E-state index in [4.69, 9.17) is 35.9 Å². The highest BCUT2D eigenvalue weighted by Crippen LogP contribution is 2.73. The molecule has 10 aliphatic rings. The molecule has 12 rings (SSSR count). The SMILES string of the molecule is CC1(Cc2ccc(C34CC5CC(C(=S)NC6CCC(N)CC6)(CC(C3)C5(F)F)C4)cc2)C2CC3(C(=S)NC4CCC(N)CC4)CC1CC(c1ccccc1)(C2)C3. The number of rotatable bonds is 8.